The number of rotatable bonds is 3. The quantitative estimate of drug-likeness (QED) is 0.841. The molecule has 2 nitrogen and oxygen atoms in total. The van der Waals surface area contributed by atoms with Crippen LogP contribution < -0.4 is 4.74 Å². The van der Waals surface area contributed by atoms with Gasteiger partial charge in [0.05, 0.1) is 0 Å². The maximum absolute atomic E-state index is 5.80. The fourth-order valence-corrected chi connectivity index (χ4v) is 2.08. The Labute approximate surface area is 116 Å². The molecule has 0 saturated heterocycles. The van der Waals surface area contributed by atoms with Crippen molar-refractivity contribution in [3.8, 4) is 5.75 Å². The third kappa shape index (κ3) is 3.10. The van der Waals surface area contributed by atoms with Crippen LogP contribution in [0.5, 0.6) is 5.75 Å². The second-order valence-corrected chi connectivity index (χ2v) is 5.32. The summed E-state index contributed by atoms with van der Waals surface area (Å²) in [7, 11) is 0. The molecule has 0 spiro atoms. The molecule has 1 aromatic heterocycles. The molecule has 0 aliphatic carbocycles. The summed E-state index contributed by atoms with van der Waals surface area (Å²) in [6.07, 6.45) is 3.68. The summed E-state index contributed by atoms with van der Waals surface area (Å²) in [5.74, 6) is 0.898. The Morgan fingerprint density at radius 3 is 2.33 bits per heavy atom. The Bertz CT molecular complexity index is 543. The summed E-state index contributed by atoms with van der Waals surface area (Å²) >= 11 is 3.55. The third-order valence-electron chi connectivity index (χ3n) is 2.75. The van der Waals surface area contributed by atoms with Crippen LogP contribution in [0.4, 0.5) is 0 Å². The van der Waals surface area contributed by atoms with Crippen LogP contribution in [0.2, 0.25) is 0 Å². The largest absolute Gasteiger partial charge is 0.489 e. The van der Waals surface area contributed by atoms with E-state index in [4.69, 9.17) is 4.74 Å². The molecule has 0 N–H and O–H groups in total. The third-order valence-corrected chi connectivity index (χ3v) is 4.00. The van der Waals surface area contributed by atoms with Gasteiger partial charge in [-0.1, -0.05) is 15.9 Å². The van der Waals surface area contributed by atoms with Crippen LogP contribution in [-0.4, -0.2) is 4.98 Å². The highest BCUT2D eigenvalue weighted by molar-refractivity contribution is 9.10. The Morgan fingerprint density at radius 1 is 1.06 bits per heavy atom. The second-order valence-electron chi connectivity index (χ2n) is 4.53. The number of nitrogens with zero attached hydrogens (tertiary/aromatic N) is 1. The van der Waals surface area contributed by atoms with E-state index < -0.39 is 0 Å². The molecule has 0 radical (unpaired) electrons. The lowest BCUT2D eigenvalue weighted by Crippen LogP contribution is -1.97. The summed E-state index contributed by atoms with van der Waals surface area (Å²) in [5.41, 5.74) is 4.62. The van der Waals surface area contributed by atoms with Crippen LogP contribution in [0, 0.1) is 20.8 Å². The fraction of sp³-hybridized carbons (Fsp3) is 0.267. The molecule has 1 aromatic carbocycles. The van der Waals surface area contributed by atoms with Crippen molar-refractivity contribution in [3.63, 3.8) is 0 Å². The van der Waals surface area contributed by atoms with E-state index in [9.17, 15) is 0 Å². The highest BCUT2D eigenvalue weighted by Crippen LogP contribution is 2.26. The van der Waals surface area contributed by atoms with E-state index in [1.807, 2.05) is 31.5 Å². The van der Waals surface area contributed by atoms with Gasteiger partial charge in [0.15, 0.2) is 0 Å². The van der Waals surface area contributed by atoms with Gasteiger partial charge in [0.25, 0.3) is 0 Å². The van der Waals surface area contributed by atoms with Gasteiger partial charge < -0.3 is 4.74 Å². The molecule has 0 fully saturated rings. The first-order valence-electron chi connectivity index (χ1n) is 5.86. The van der Waals surface area contributed by atoms with Gasteiger partial charge in [0.1, 0.15) is 12.4 Å². The number of hydrogen-bond donors (Lipinski definition) is 0. The van der Waals surface area contributed by atoms with Crippen LogP contribution >= 0.6 is 15.9 Å². The molecule has 0 bridgehead atoms. The minimum absolute atomic E-state index is 0.551. The van der Waals surface area contributed by atoms with Crippen LogP contribution in [-0.2, 0) is 6.61 Å². The van der Waals surface area contributed by atoms with Crippen molar-refractivity contribution in [2.45, 2.75) is 27.4 Å². The van der Waals surface area contributed by atoms with Gasteiger partial charge in [-0.3, -0.25) is 4.98 Å². The number of pyridine rings is 1. The van der Waals surface area contributed by atoms with Crippen LogP contribution in [0.3, 0.4) is 0 Å². The van der Waals surface area contributed by atoms with Gasteiger partial charge in [-0.2, -0.15) is 0 Å². The zero-order chi connectivity index (χ0) is 13.1. The number of aromatic nitrogens is 1. The van der Waals surface area contributed by atoms with Crippen molar-refractivity contribution in [3.05, 3.63) is 57.3 Å². The Morgan fingerprint density at radius 2 is 1.72 bits per heavy atom. The average Bonchev–Trinajstić information content (AvgIpc) is 2.33. The maximum atomic E-state index is 5.80. The number of ether oxygens (including phenoxy) is 1. The first-order valence-corrected chi connectivity index (χ1v) is 6.65. The summed E-state index contributed by atoms with van der Waals surface area (Å²) < 4.78 is 6.95. The number of aryl methyl sites for hydroxylation is 3. The van der Waals surface area contributed by atoms with Crippen molar-refractivity contribution < 1.29 is 4.74 Å². The molecule has 0 aliphatic rings. The molecule has 0 amide bonds. The van der Waals surface area contributed by atoms with E-state index in [2.05, 4.69) is 40.8 Å². The van der Waals surface area contributed by atoms with E-state index in [-0.39, 0.29) is 0 Å². The zero-order valence-electron chi connectivity index (χ0n) is 10.8. The Hall–Kier alpha value is -1.35. The molecule has 0 saturated carbocycles. The topological polar surface area (TPSA) is 22.1 Å². The van der Waals surface area contributed by atoms with E-state index in [0.29, 0.717) is 6.61 Å². The van der Waals surface area contributed by atoms with Crippen molar-refractivity contribution in [1.82, 2.24) is 4.98 Å². The molecule has 0 atom stereocenters. The summed E-state index contributed by atoms with van der Waals surface area (Å²) in [4.78, 5) is 4.16. The molecular formula is C15H16BrNO. The van der Waals surface area contributed by atoms with Crippen molar-refractivity contribution in [2.24, 2.45) is 0 Å². The van der Waals surface area contributed by atoms with Crippen molar-refractivity contribution >= 4 is 15.9 Å². The van der Waals surface area contributed by atoms with Gasteiger partial charge >= 0.3 is 0 Å². The zero-order valence-corrected chi connectivity index (χ0v) is 12.4. The number of hydrogen-bond acceptors (Lipinski definition) is 2. The highest BCUT2D eigenvalue weighted by Gasteiger charge is 2.03. The second kappa shape index (κ2) is 5.53. The molecule has 0 aliphatic heterocycles. The monoisotopic (exact) mass is 305 g/mol. The molecule has 18 heavy (non-hydrogen) atoms. The highest BCUT2D eigenvalue weighted by atomic mass is 79.9. The van der Waals surface area contributed by atoms with E-state index in [0.717, 1.165) is 21.3 Å². The summed E-state index contributed by atoms with van der Waals surface area (Å²) in [6.45, 7) is 6.72. The standard InChI is InChI=1S/C15H16BrNO/c1-10-4-13(8-17-7-10)9-18-14-5-11(2)15(16)12(3)6-14/h4-8H,9H2,1-3H3. The molecule has 0 unspecified atom stereocenters. The minimum Gasteiger partial charge on any atom is -0.489 e. The van der Waals surface area contributed by atoms with Crippen molar-refractivity contribution in [1.29, 1.82) is 0 Å². The number of halogens is 1. The fourth-order valence-electron chi connectivity index (χ4n) is 1.85. The lowest BCUT2D eigenvalue weighted by Gasteiger charge is -2.10. The van der Waals surface area contributed by atoms with Gasteiger partial charge in [-0.05, 0) is 55.7 Å². The SMILES string of the molecule is Cc1cncc(COc2cc(C)c(Br)c(C)c2)c1. The molecule has 94 valence electrons. The molecule has 3 heteroatoms. The first-order chi connectivity index (χ1) is 8.56. The molecule has 2 rings (SSSR count). The summed E-state index contributed by atoms with van der Waals surface area (Å²) in [6, 6.07) is 6.17. The molecule has 1 heterocycles. The first kappa shape index (κ1) is 13.1. The van der Waals surface area contributed by atoms with E-state index in [1.165, 1.54) is 11.1 Å². The van der Waals surface area contributed by atoms with Gasteiger partial charge in [0, 0.05) is 22.4 Å². The predicted molar refractivity (Wildman–Crippen MR) is 76.9 cm³/mol. The molecule has 2 aromatic rings. The minimum atomic E-state index is 0.551. The number of benzene rings is 1. The van der Waals surface area contributed by atoms with E-state index in [1.54, 1.807) is 0 Å². The smallest absolute Gasteiger partial charge is 0.120 e. The van der Waals surface area contributed by atoms with Crippen LogP contribution in [0.25, 0.3) is 0 Å². The van der Waals surface area contributed by atoms with Crippen LogP contribution in [0.15, 0.2) is 35.1 Å². The average molecular weight is 306 g/mol. The van der Waals surface area contributed by atoms with Crippen molar-refractivity contribution in [2.75, 3.05) is 0 Å². The lowest BCUT2D eigenvalue weighted by atomic mass is 10.1. The van der Waals surface area contributed by atoms with Gasteiger partial charge in [0.2, 0.25) is 0 Å². The van der Waals surface area contributed by atoms with Gasteiger partial charge in [-0.15, -0.1) is 0 Å². The Kier molecular flexibility index (Phi) is 4.02. The predicted octanol–water partition coefficient (Wildman–Crippen LogP) is 4.35. The normalized spacial score (nSPS) is 10.4. The summed E-state index contributed by atoms with van der Waals surface area (Å²) in [5, 5.41) is 0. The van der Waals surface area contributed by atoms with Gasteiger partial charge in [-0.25, -0.2) is 0 Å². The maximum Gasteiger partial charge on any atom is 0.120 e. The molecular weight excluding hydrogens is 290 g/mol. The van der Waals surface area contributed by atoms with E-state index >= 15 is 0 Å². The lowest BCUT2D eigenvalue weighted by molar-refractivity contribution is 0.305. The van der Waals surface area contributed by atoms with Crippen LogP contribution in [0.1, 0.15) is 22.3 Å². The Balaban J connectivity index is 2.11.